The minimum absolute atomic E-state index is 0.115. The minimum Gasteiger partial charge on any atom is -0.388 e. The monoisotopic (exact) mass is 327 g/mol. The molecule has 124 valence electrons. The van der Waals surface area contributed by atoms with Gasteiger partial charge < -0.3 is 5.11 Å². The molecule has 1 aromatic rings. The van der Waals surface area contributed by atoms with E-state index in [4.69, 9.17) is 0 Å². The van der Waals surface area contributed by atoms with Gasteiger partial charge in [0.2, 0.25) is 0 Å². The van der Waals surface area contributed by atoms with Crippen LogP contribution in [0.4, 0.5) is 0 Å². The number of rotatable bonds is 4. The van der Waals surface area contributed by atoms with Gasteiger partial charge in [-0.1, -0.05) is 0 Å². The van der Waals surface area contributed by atoms with Crippen molar-refractivity contribution in [1.29, 1.82) is 0 Å². The molecule has 0 spiro atoms. The van der Waals surface area contributed by atoms with E-state index in [0.29, 0.717) is 25.4 Å². The van der Waals surface area contributed by atoms with Crippen molar-refractivity contribution < 1.29 is 13.5 Å². The lowest BCUT2D eigenvalue weighted by atomic mass is 9.95. The van der Waals surface area contributed by atoms with Crippen molar-refractivity contribution in [3.63, 3.8) is 0 Å². The Morgan fingerprint density at radius 1 is 1.41 bits per heavy atom. The third-order valence-corrected chi connectivity index (χ3v) is 6.77. The summed E-state index contributed by atoms with van der Waals surface area (Å²) < 4.78 is 25.0. The predicted molar refractivity (Wildman–Crippen MR) is 84.3 cm³/mol. The molecule has 2 saturated heterocycles. The number of aliphatic hydroxyl groups is 1. The van der Waals surface area contributed by atoms with E-state index in [1.54, 1.807) is 0 Å². The molecule has 2 aliphatic heterocycles. The smallest absolute Gasteiger partial charge is 0.150 e. The Morgan fingerprint density at radius 3 is 2.77 bits per heavy atom. The fourth-order valence-electron chi connectivity index (χ4n) is 3.63. The average molecular weight is 327 g/mol. The lowest BCUT2D eigenvalue weighted by Gasteiger charge is -2.37. The fourth-order valence-corrected chi connectivity index (χ4v) is 5.22. The van der Waals surface area contributed by atoms with E-state index >= 15 is 0 Å². The minimum atomic E-state index is -2.94. The Balaban J connectivity index is 1.63. The fraction of sp³-hybridized carbons (Fsp3) is 0.800. The number of hydrogen-bond acceptors (Lipinski definition) is 5. The summed E-state index contributed by atoms with van der Waals surface area (Å²) >= 11 is 0. The summed E-state index contributed by atoms with van der Waals surface area (Å²) in [5, 5.41) is 14.9. The number of β-amino-alcohol motifs (C(OH)–C–C–N with tert-alkyl or cyclic N) is 1. The van der Waals surface area contributed by atoms with Crippen molar-refractivity contribution >= 4 is 9.84 Å². The van der Waals surface area contributed by atoms with Crippen LogP contribution < -0.4 is 0 Å². The molecule has 2 fully saturated rings. The van der Waals surface area contributed by atoms with Gasteiger partial charge in [0.25, 0.3) is 0 Å². The molecule has 1 aromatic heterocycles. The highest BCUT2D eigenvalue weighted by molar-refractivity contribution is 7.91. The summed E-state index contributed by atoms with van der Waals surface area (Å²) in [6.07, 6.45) is 5.74. The van der Waals surface area contributed by atoms with Crippen LogP contribution in [0.15, 0.2) is 12.3 Å². The molecule has 0 aliphatic carbocycles. The SMILES string of the molecule is Cn1nccc1C[C@@H]1CCCN1CC1(O)CCS(=O)(=O)CC1. The van der Waals surface area contributed by atoms with Gasteiger partial charge in [-0.15, -0.1) is 0 Å². The molecule has 0 saturated carbocycles. The molecule has 2 aliphatic rings. The maximum Gasteiger partial charge on any atom is 0.150 e. The standard InChI is InChI=1S/C15H25N3O3S/c1-17-13(4-7-16-17)11-14-3-2-8-18(14)12-15(19)5-9-22(20,21)10-6-15/h4,7,14,19H,2-3,5-6,8-12H2,1H3/t14-/m0/s1. The number of aromatic nitrogens is 2. The quantitative estimate of drug-likeness (QED) is 0.864. The largest absolute Gasteiger partial charge is 0.388 e. The van der Waals surface area contributed by atoms with Crippen molar-refractivity contribution in [3.05, 3.63) is 18.0 Å². The normalized spacial score (nSPS) is 28.0. The predicted octanol–water partition coefficient (Wildman–Crippen LogP) is 0.367. The lowest BCUT2D eigenvalue weighted by molar-refractivity contribution is -0.00825. The number of nitrogens with zero attached hydrogens (tertiary/aromatic N) is 3. The molecule has 0 unspecified atom stereocenters. The first-order chi connectivity index (χ1) is 10.4. The molecule has 22 heavy (non-hydrogen) atoms. The molecule has 0 bridgehead atoms. The van der Waals surface area contributed by atoms with Gasteiger partial charge in [0, 0.05) is 37.9 Å². The molecule has 0 amide bonds. The summed E-state index contributed by atoms with van der Waals surface area (Å²) in [4.78, 5) is 2.34. The van der Waals surface area contributed by atoms with Crippen LogP contribution in [0.3, 0.4) is 0 Å². The third kappa shape index (κ3) is 3.52. The van der Waals surface area contributed by atoms with Crippen LogP contribution in [0, 0.1) is 0 Å². The molecular weight excluding hydrogens is 302 g/mol. The Morgan fingerprint density at radius 2 is 2.14 bits per heavy atom. The van der Waals surface area contributed by atoms with Crippen LogP contribution in [0.2, 0.25) is 0 Å². The van der Waals surface area contributed by atoms with Gasteiger partial charge in [0.05, 0.1) is 17.1 Å². The van der Waals surface area contributed by atoms with Gasteiger partial charge in [-0.3, -0.25) is 9.58 Å². The number of hydrogen-bond donors (Lipinski definition) is 1. The molecule has 3 heterocycles. The Labute approximate surface area is 132 Å². The van der Waals surface area contributed by atoms with Gasteiger partial charge in [-0.2, -0.15) is 5.10 Å². The third-order valence-electron chi connectivity index (χ3n) is 5.12. The molecule has 1 N–H and O–H groups in total. The van der Waals surface area contributed by atoms with E-state index in [-0.39, 0.29) is 11.5 Å². The van der Waals surface area contributed by atoms with Gasteiger partial charge in [0.15, 0.2) is 9.84 Å². The van der Waals surface area contributed by atoms with E-state index < -0.39 is 15.4 Å². The van der Waals surface area contributed by atoms with Gasteiger partial charge in [0.1, 0.15) is 0 Å². The maximum atomic E-state index is 11.6. The maximum absolute atomic E-state index is 11.6. The van der Waals surface area contributed by atoms with Gasteiger partial charge in [-0.25, -0.2) is 8.42 Å². The first-order valence-corrected chi connectivity index (χ1v) is 9.83. The highest BCUT2D eigenvalue weighted by Gasteiger charge is 2.39. The van der Waals surface area contributed by atoms with Gasteiger partial charge >= 0.3 is 0 Å². The van der Waals surface area contributed by atoms with E-state index in [9.17, 15) is 13.5 Å². The van der Waals surface area contributed by atoms with E-state index in [1.807, 2.05) is 24.0 Å². The second-order valence-corrected chi connectivity index (χ2v) is 9.10. The van der Waals surface area contributed by atoms with Crippen LogP contribution in [0.25, 0.3) is 0 Å². The summed E-state index contributed by atoms with van der Waals surface area (Å²) in [6.45, 7) is 1.57. The Kier molecular flexibility index (Phi) is 4.31. The van der Waals surface area contributed by atoms with Crippen LogP contribution in [-0.2, 0) is 23.3 Å². The van der Waals surface area contributed by atoms with Crippen molar-refractivity contribution in [2.45, 2.75) is 43.7 Å². The van der Waals surface area contributed by atoms with E-state index in [0.717, 1.165) is 25.8 Å². The van der Waals surface area contributed by atoms with Crippen molar-refractivity contribution in [2.75, 3.05) is 24.6 Å². The highest BCUT2D eigenvalue weighted by atomic mass is 32.2. The molecule has 6 nitrogen and oxygen atoms in total. The van der Waals surface area contributed by atoms with Gasteiger partial charge in [-0.05, 0) is 38.3 Å². The summed E-state index contributed by atoms with van der Waals surface area (Å²) in [6, 6.07) is 2.45. The van der Waals surface area contributed by atoms with Crippen molar-refractivity contribution in [3.8, 4) is 0 Å². The second-order valence-electron chi connectivity index (χ2n) is 6.79. The Hall–Kier alpha value is -0.920. The lowest BCUT2D eigenvalue weighted by Crippen LogP contribution is -2.49. The zero-order valence-electron chi connectivity index (χ0n) is 13.1. The first-order valence-electron chi connectivity index (χ1n) is 8.01. The zero-order chi connectivity index (χ0) is 15.8. The molecular formula is C15H25N3O3S. The van der Waals surface area contributed by atoms with E-state index in [1.165, 1.54) is 5.69 Å². The van der Waals surface area contributed by atoms with Crippen LogP contribution in [-0.4, -0.2) is 64.4 Å². The summed E-state index contributed by atoms with van der Waals surface area (Å²) in [5.74, 6) is 0.230. The second kappa shape index (κ2) is 5.94. The molecule has 0 aromatic carbocycles. The molecule has 0 radical (unpaired) electrons. The number of aryl methyl sites for hydroxylation is 1. The summed E-state index contributed by atoms with van der Waals surface area (Å²) in [5.41, 5.74) is 0.357. The summed E-state index contributed by atoms with van der Waals surface area (Å²) in [7, 11) is -0.985. The topological polar surface area (TPSA) is 75.4 Å². The van der Waals surface area contributed by atoms with Crippen LogP contribution in [0.1, 0.15) is 31.4 Å². The number of likely N-dealkylation sites (tertiary alicyclic amines) is 1. The Bertz CT molecular complexity index is 612. The first kappa shape index (κ1) is 16.0. The molecule has 1 atom stereocenters. The van der Waals surface area contributed by atoms with Crippen molar-refractivity contribution in [1.82, 2.24) is 14.7 Å². The van der Waals surface area contributed by atoms with Crippen molar-refractivity contribution in [2.24, 2.45) is 7.05 Å². The average Bonchev–Trinajstić information content (AvgIpc) is 3.05. The molecule has 3 rings (SSSR count). The van der Waals surface area contributed by atoms with E-state index in [2.05, 4.69) is 10.00 Å². The highest BCUT2D eigenvalue weighted by Crippen LogP contribution is 2.29. The van der Waals surface area contributed by atoms with Crippen LogP contribution >= 0.6 is 0 Å². The number of sulfone groups is 1. The van der Waals surface area contributed by atoms with Crippen LogP contribution in [0.5, 0.6) is 0 Å². The molecule has 7 heteroatoms. The zero-order valence-corrected chi connectivity index (χ0v) is 13.9.